The third-order valence-corrected chi connectivity index (χ3v) is 7.21. The zero-order valence-corrected chi connectivity index (χ0v) is 22.7. The molecule has 9 heteroatoms. The molecule has 2 heterocycles. The Bertz CT molecular complexity index is 1580. The normalized spacial score (nSPS) is 13.8. The van der Waals surface area contributed by atoms with Gasteiger partial charge in [-0.1, -0.05) is 36.4 Å². The Kier molecular flexibility index (Phi) is 8.31. The Labute approximate surface area is 231 Å². The smallest absolute Gasteiger partial charge is 0.440 e. The standard InChI is InChI=1S/C31H33N3O6/c1-21-16-26(29(35)33(2)18-23-12-14-38-15-13-23)8-11-28(21)25-5-3-4-24(17-25)20-39-27-9-6-22(7-10-27)19-34-30(36)32-31(37)40-34/h3-11,16-17,23H,12-15,18-20H2,1-2H3,(H,32,36,37). The van der Waals surface area contributed by atoms with Gasteiger partial charge in [0.05, 0.1) is 6.54 Å². The van der Waals surface area contributed by atoms with Crippen LogP contribution >= 0.6 is 0 Å². The van der Waals surface area contributed by atoms with E-state index in [2.05, 4.69) is 17.1 Å². The molecule has 9 nitrogen and oxygen atoms in total. The van der Waals surface area contributed by atoms with Gasteiger partial charge in [-0.3, -0.25) is 4.79 Å². The lowest BCUT2D eigenvalue weighted by molar-refractivity contribution is 0.0497. The summed E-state index contributed by atoms with van der Waals surface area (Å²) in [4.78, 5) is 39.7. The second kappa shape index (κ2) is 12.2. The average molecular weight is 544 g/mol. The van der Waals surface area contributed by atoms with Gasteiger partial charge in [0.1, 0.15) is 12.4 Å². The molecule has 5 rings (SSSR count). The molecule has 40 heavy (non-hydrogen) atoms. The number of hydrogen-bond donors (Lipinski definition) is 1. The van der Waals surface area contributed by atoms with E-state index >= 15 is 0 Å². The lowest BCUT2D eigenvalue weighted by Crippen LogP contribution is -2.34. The third-order valence-electron chi connectivity index (χ3n) is 7.21. The first-order valence-electron chi connectivity index (χ1n) is 13.4. The summed E-state index contributed by atoms with van der Waals surface area (Å²) in [5.74, 6) is 0.436. The molecule has 0 radical (unpaired) electrons. The van der Waals surface area contributed by atoms with Gasteiger partial charge < -0.3 is 18.9 Å². The molecule has 0 saturated carbocycles. The van der Waals surface area contributed by atoms with Crippen molar-refractivity contribution in [3.8, 4) is 16.9 Å². The van der Waals surface area contributed by atoms with Gasteiger partial charge in [-0.05, 0) is 83.8 Å². The highest BCUT2D eigenvalue weighted by atomic mass is 16.5. The maximum absolute atomic E-state index is 13.1. The van der Waals surface area contributed by atoms with Gasteiger partial charge in [-0.2, -0.15) is 0 Å². The van der Waals surface area contributed by atoms with E-state index in [9.17, 15) is 14.4 Å². The number of aryl methyl sites for hydroxylation is 1. The van der Waals surface area contributed by atoms with E-state index in [-0.39, 0.29) is 12.5 Å². The molecule has 0 spiro atoms. The molecule has 0 aliphatic carbocycles. The zero-order valence-electron chi connectivity index (χ0n) is 22.7. The van der Waals surface area contributed by atoms with Crippen molar-refractivity contribution in [2.45, 2.75) is 32.9 Å². The number of H-pyrrole nitrogens is 1. The molecule has 1 aliphatic heterocycles. The number of nitrogens with zero attached hydrogens (tertiary/aromatic N) is 2. The van der Waals surface area contributed by atoms with Crippen molar-refractivity contribution in [3.63, 3.8) is 0 Å². The Hall–Kier alpha value is -4.37. The van der Waals surface area contributed by atoms with E-state index in [0.717, 1.165) is 65.2 Å². The van der Waals surface area contributed by atoms with Crippen molar-refractivity contribution >= 4 is 5.91 Å². The van der Waals surface area contributed by atoms with Crippen LogP contribution in [0.15, 0.2) is 80.8 Å². The molecule has 208 valence electrons. The van der Waals surface area contributed by atoms with Crippen LogP contribution in [0, 0.1) is 12.8 Å². The van der Waals surface area contributed by atoms with Gasteiger partial charge in [0.25, 0.3) is 5.91 Å². The van der Waals surface area contributed by atoms with Crippen LogP contribution in [0.2, 0.25) is 0 Å². The van der Waals surface area contributed by atoms with E-state index in [1.165, 1.54) is 0 Å². The summed E-state index contributed by atoms with van der Waals surface area (Å²) in [6.07, 6.45) is 2.00. The molecule has 0 atom stereocenters. The van der Waals surface area contributed by atoms with Crippen LogP contribution in [0.25, 0.3) is 11.1 Å². The SMILES string of the molecule is Cc1cc(C(=O)N(C)CC2CCOCC2)ccc1-c1cccc(COc2ccc(Cn3oc(=O)[nH]c3=O)cc2)c1. The van der Waals surface area contributed by atoms with Crippen molar-refractivity contribution in [1.29, 1.82) is 0 Å². The van der Waals surface area contributed by atoms with E-state index in [4.69, 9.17) is 14.0 Å². The highest BCUT2D eigenvalue weighted by Gasteiger charge is 2.20. The van der Waals surface area contributed by atoms with Crippen LogP contribution in [0.4, 0.5) is 0 Å². The molecule has 1 N–H and O–H groups in total. The Balaban J connectivity index is 1.20. The molecule has 0 bridgehead atoms. The fraction of sp³-hybridized carbons (Fsp3) is 0.323. The molecular weight excluding hydrogens is 510 g/mol. The molecular formula is C31H33N3O6. The molecule has 3 aromatic carbocycles. The second-order valence-electron chi connectivity index (χ2n) is 10.2. The largest absolute Gasteiger partial charge is 0.489 e. The summed E-state index contributed by atoms with van der Waals surface area (Å²) < 4.78 is 17.2. The number of rotatable bonds is 9. The average Bonchev–Trinajstić information content (AvgIpc) is 3.28. The minimum absolute atomic E-state index is 0.0408. The van der Waals surface area contributed by atoms with Crippen molar-refractivity contribution in [2.75, 3.05) is 26.8 Å². The quantitative estimate of drug-likeness (QED) is 0.339. The third kappa shape index (κ3) is 6.60. The second-order valence-corrected chi connectivity index (χ2v) is 10.2. The highest BCUT2D eigenvalue weighted by Crippen LogP contribution is 2.27. The summed E-state index contributed by atoms with van der Waals surface area (Å²) in [6.45, 7) is 4.86. The fourth-order valence-corrected chi connectivity index (χ4v) is 5.01. The molecule has 1 saturated heterocycles. The summed E-state index contributed by atoms with van der Waals surface area (Å²) in [5.41, 5.74) is 5.09. The highest BCUT2D eigenvalue weighted by molar-refractivity contribution is 5.95. The van der Waals surface area contributed by atoms with Gasteiger partial charge in [0.15, 0.2) is 0 Å². The van der Waals surface area contributed by atoms with Crippen LogP contribution in [0.1, 0.15) is 39.9 Å². The summed E-state index contributed by atoms with van der Waals surface area (Å²) >= 11 is 0. The number of benzene rings is 3. The number of carbonyl (C=O) groups is 1. The minimum Gasteiger partial charge on any atom is -0.489 e. The summed E-state index contributed by atoms with van der Waals surface area (Å²) in [7, 11) is 1.88. The van der Waals surface area contributed by atoms with Gasteiger partial charge in [0, 0.05) is 32.4 Å². The molecule has 1 aliphatic rings. The number of hydrogen-bond acceptors (Lipinski definition) is 6. The fourth-order valence-electron chi connectivity index (χ4n) is 5.01. The lowest BCUT2D eigenvalue weighted by atomic mass is 9.96. The Morgan fingerprint density at radius 3 is 2.50 bits per heavy atom. The van der Waals surface area contributed by atoms with E-state index in [0.29, 0.717) is 23.8 Å². The van der Waals surface area contributed by atoms with Crippen LogP contribution in [0.5, 0.6) is 5.75 Å². The summed E-state index contributed by atoms with van der Waals surface area (Å²) in [5, 5.41) is 0. The number of aromatic nitrogens is 2. The van der Waals surface area contributed by atoms with Crippen LogP contribution in [0.3, 0.4) is 0 Å². The van der Waals surface area contributed by atoms with Gasteiger partial charge in [-0.15, -0.1) is 4.74 Å². The number of nitrogens with one attached hydrogen (secondary N) is 1. The maximum atomic E-state index is 13.1. The van der Waals surface area contributed by atoms with E-state index in [1.54, 1.807) is 0 Å². The van der Waals surface area contributed by atoms with Crippen LogP contribution in [-0.2, 0) is 17.9 Å². The van der Waals surface area contributed by atoms with Gasteiger partial charge in [-0.25, -0.2) is 14.6 Å². The monoisotopic (exact) mass is 543 g/mol. The first kappa shape index (κ1) is 27.2. The maximum Gasteiger partial charge on any atom is 0.440 e. The Morgan fingerprint density at radius 2 is 1.80 bits per heavy atom. The number of ether oxygens (including phenoxy) is 2. The van der Waals surface area contributed by atoms with Gasteiger partial charge in [0.2, 0.25) is 0 Å². The predicted octanol–water partition coefficient (Wildman–Crippen LogP) is 4.23. The number of aromatic amines is 1. The van der Waals surface area contributed by atoms with Crippen molar-refractivity contribution in [2.24, 2.45) is 5.92 Å². The van der Waals surface area contributed by atoms with Crippen LogP contribution in [-0.4, -0.2) is 47.3 Å². The molecule has 1 fully saturated rings. The van der Waals surface area contributed by atoms with Gasteiger partial charge >= 0.3 is 11.4 Å². The first-order valence-corrected chi connectivity index (χ1v) is 13.4. The zero-order chi connectivity index (χ0) is 28.1. The molecule has 0 unspecified atom stereocenters. The topological polar surface area (TPSA) is 107 Å². The Morgan fingerprint density at radius 1 is 1.02 bits per heavy atom. The molecule has 1 amide bonds. The van der Waals surface area contributed by atoms with Crippen molar-refractivity contribution in [1.82, 2.24) is 14.6 Å². The number of carbonyl (C=O) groups excluding carboxylic acids is 1. The minimum atomic E-state index is -0.777. The molecule has 1 aromatic heterocycles. The predicted molar refractivity (Wildman–Crippen MR) is 151 cm³/mol. The van der Waals surface area contributed by atoms with Crippen molar-refractivity contribution < 1.29 is 18.8 Å². The molecule has 4 aromatic rings. The van der Waals surface area contributed by atoms with Crippen molar-refractivity contribution in [3.05, 3.63) is 110 Å². The number of amides is 1. The summed E-state index contributed by atoms with van der Waals surface area (Å²) in [6, 6.07) is 21.3. The van der Waals surface area contributed by atoms with E-state index in [1.807, 2.05) is 73.5 Å². The lowest BCUT2D eigenvalue weighted by Gasteiger charge is -2.27. The van der Waals surface area contributed by atoms with E-state index < -0.39 is 11.4 Å². The first-order chi connectivity index (χ1) is 19.4. The van der Waals surface area contributed by atoms with Crippen LogP contribution < -0.4 is 16.2 Å².